The number of aromatic nitrogens is 1. The summed E-state index contributed by atoms with van der Waals surface area (Å²) in [4.78, 5) is 4.22. The number of benzene rings is 3. The lowest BCUT2D eigenvalue weighted by Crippen LogP contribution is -2.19. The van der Waals surface area contributed by atoms with E-state index in [1.165, 1.54) is 0 Å². The standard InChI is InChI=1S/C26H23Cl2N3O4S/c1-26(2,20-12-18(15-29)24(21(28)14-20)34-11-10-27)19-7-4-16(5-8-19)17-6-9-23-22(13-17)30-25(35-23)31-36(3,32)33/h4-9,12-14H,10-11H2,1-3H3,(H,30,31). The molecule has 1 aromatic heterocycles. The van der Waals surface area contributed by atoms with Crippen molar-refractivity contribution in [2.75, 3.05) is 23.5 Å². The Balaban J connectivity index is 1.63. The summed E-state index contributed by atoms with van der Waals surface area (Å²) >= 11 is 12.2. The number of rotatable bonds is 8. The van der Waals surface area contributed by atoms with E-state index in [0.29, 0.717) is 33.3 Å². The summed E-state index contributed by atoms with van der Waals surface area (Å²) in [6, 6.07) is 19.2. The monoisotopic (exact) mass is 543 g/mol. The Bertz CT molecular complexity index is 1570. The van der Waals surface area contributed by atoms with Crippen molar-refractivity contribution >= 4 is 50.3 Å². The molecule has 186 valence electrons. The smallest absolute Gasteiger partial charge is 0.309 e. The molecule has 0 amide bonds. The molecule has 0 aliphatic heterocycles. The highest BCUT2D eigenvalue weighted by Gasteiger charge is 2.26. The number of anilines is 1. The van der Waals surface area contributed by atoms with Crippen molar-refractivity contribution in [3.05, 3.63) is 76.3 Å². The quantitative estimate of drug-likeness (QED) is 0.260. The maximum absolute atomic E-state index is 11.4. The number of alkyl halides is 1. The summed E-state index contributed by atoms with van der Waals surface area (Å²) in [5.41, 5.74) is 4.70. The van der Waals surface area contributed by atoms with Gasteiger partial charge < -0.3 is 9.15 Å². The highest BCUT2D eigenvalue weighted by atomic mass is 35.5. The number of sulfonamides is 1. The van der Waals surface area contributed by atoms with E-state index in [1.807, 2.05) is 42.5 Å². The molecule has 4 aromatic rings. The van der Waals surface area contributed by atoms with E-state index < -0.39 is 15.4 Å². The Labute approximate surface area is 219 Å². The fourth-order valence-corrected chi connectivity index (χ4v) is 4.64. The summed E-state index contributed by atoms with van der Waals surface area (Å²) in [5.74, 6) is 0.635. The lowest BCUT2D eigenvalue weighted by molar-refractivity contribution is 0.341. The van der Waals surface area contributed by atoms with Crippen LogP contribution in [0.2, 0.25) is 5.02 Å². The van der Waals surface area contributed by atoms with Gasteiger partial charge in [-0.05, 0) is 46.5 Å². The van der Waals surface area contributed by atoms with Crippen molar-refractivity contribution in [1.82, 2.24) is 4.98 Å². The highest BCUT2D eigenvalue weighted by molar-refractivity contribution is 7.91. The van der Waals surface area contributed by atoms with Crippen LogP contribution in [0.4, 0.5) is 6.01 Å². The molecule has 0 spiro atoms. The second-order valence-corrected chi connectivity index (χ2v) is 11.3. The Morgan fingerprint density at radius 2 is 1.78 bits per heavy atom. The van der Waals surface area contributed by atoms with Gasteiger partial charge in [-0.3, -0.25) is 0 Å². The highest BCUT2D eigenvalue weighted by Crippen LogP contribution is 2.39. The third-order valence-corrected chi connectivity index (χ3v) is 6.79. The minimum atomic E-state index is -3.49. The Morgan fingerprint density at radius 1 is 1.08 bits per heavy atom. The van der Waals surface area contributed by atoms with Crippen LogP contribution in [0.5, 0.6) is 5.75 Å². The second-order valence-electron chi connectivity index (χ2n) is 8.76. The molecule has 36 heavy (non-hydrogen) atoms. The normalized spacial score (nSPS) is 11.9. The van der Waals surface area contributed by atoms with Crippen LogP contribution in [0.1, 0.15) is 30.5 Å². The van der Waals surface area contributed by atoms with E-state index in [1.54, 1.807) is 12.1 Å². The van der Waals surface area contributed by atoms with Gasteiger partial charge in [0.15, 0.2) is 11.3 Å². The Kier molecular flexibility index (Phi) is 7.19. The molecule has 0 fully saturated rings. The van der Waals surface area contributed by atoms with Gasteiger partial charge in [-0.25, -0.2) is 13.1 Å². The molecule has 4 rings (SSSR count). The van der Waals surface area contributed by atoms with Crippen molar-refractivity contribution in [2.24, 2.45) is 0 Å². The van der Waals surface area contributed by atoms with Crippen molar-refractivity contribution in [2.45, 2.75) is 19.3 Å². The SMILES string of the molecule is CC(C)(c1ccc(-c2ccc3oc(NS(C)(=O)=O)nc3c2)cc1)c1cc(Cl)c(OCCCl)c(C#N)c1. The maximum Gasteiger partial charge on any atom is 0.309 e. The first-order valence-corrected chi connectivity index (χ1v) is 13.7. The lowest BCUT2D eigenvalue weighted by atomic mass is 9.77. The van der Waals surface area contributed by atoms with Crippen LogP contribution in [0, 0.1) is 11.3 Å². The predicted molar refractivity (Wildman–Crippen MR) is 142 cm³/mol. The van der Waals surface area contributed by atoms with Gasteiger partial charge >= 0.3 is 6.01 Å². The third-order valence-electron chi connectivity index (χ3n) is 5.81. The van der Waals surface area contributed by atoms with Crippen LogP contribution in [0.25, 0.3) is 22.2 Å². The van der Waals surface area contributed by atoms with Crippen molar-refractivity contribution in [3.8, 4) is 22.9 Å². The fourth-order valence-electron chi connectivity index (χ4n) is 3.88. The average molecular weight is 544 g/mol. The van der Waals surface area contributed by atoms with Crippen LogP contribution < -0.4 is 9.46 Å². The van der Waals surface area contributed by atoms with Gasteiger partial charge in [0, 0.05) is 5.41 Å². The Morgan fingerprint density at radius 3 is 2.42 bits per heavy atom. The lowest BCUT2D eigenvalue weighted by Gasteiger charge is -2.27. The van der Waals surface area contributed by atoms with Gasteiger partial charge in [0.25, 0.3) is 0 Å². The molecular weight excluding hydrogens is 521 g/mol. The Hall–Kier alpha value is -3.25. The zero-order chi connectivity index (χ0) is 26.1. The van der Waals surface area contributed by atoms with Gasteiger partial charge in [-0.2, -0.15) is 10.2 Å². The van der Waals surface area contributed by atoms with Crippen LogP contribution in [0.15, 0.2) is 59.0 Å². The van der Waals surface area contributed by atoms with Gasteiger partial charge in [0.05, 0.1) is 22.7 Å². The molecular formula is C26H23Cl2N3O4S. The number of oxazole rings is 1. The molecule has 7 nitrogen and oxygen atoms in total. The largest absolute Gasteiger partial charge is 0.489 e. The molecule has 0 aliphatic rings. The number of ether oxygens (including phenoxy) is 1. The van der Waals surface area contributed by atoms with Crippen molar-refractivity contribution in [3.63, 3.8) is 0 Å². The summed E-state index contributed by atoms with van der Waals surface area (Å²) in [7, 11) is -3.49. The van der Waals surface area contributed by atoms with E-state index >= 15 is 0 Å². The van der Waals surface area contributed by atoms with Crippen LogP contribution in [-0.2, 0) is 15.4 Å². The molecule has 0 bridgehead atoms. The average Bonchev–Trinajstić information content (AvgIpc) is 3.22. The van der Waals surface area contributed by atoms with Gasteiger partial charge in [0.2, 0.25) is 10.0 Å². The van der Waals surface area contributed by atoms with Crippen LogP contribution >= 0.6 is 23.2 Å². The van der Waals surface area contributed by atoms with Gasteiger partial charge in [-0.1, -0.05) is 55.8 Å². The number of hydrogen-bond donors (Lipinski definition) is 1. The first-order chi connectivity index (χ1) is 17.0. The molecule has 0 saturated heterocycles. The zero-order valence-electron chi connectivity index (χ0n) is 19.8. The predicted octanol–water partition coefficient (Wildman–Crippen LogP) is 6.33. The molecule has 0 saturated carbocycles. The number of nitriles is 1. The number of nitrogens with zero attached hydrogens (tertiary/aromatic N) is 2. The van der Waals surface area contributed by atoms with E-state index in [9.17, 15) is 13.7 Å². The van der Waals surface area contributed by atoms with Crippen molar-refractivity contribution in [1.29, 1.82) is 5.26 Å². The summed E-state index contributed by atoms with van der Waals surface area (Å²) < 4.78 is 36.2. The van der Waals surface area contributed by atoms with E-state index in [4.69, 9.17) is 32.4 Å². The molecule has 0 aliphatic carbocycles. The first kappa shape index (κ1) is 25.8. The van der Waals surface area contributed by atoms with Crippen LogP contribution in [0.3, 0.4) is 0 Å². The summed E-state index contributed by atoms with van der Waals surface area (Å²) in [5, 5.41) is 10.00. The molecule has 0 unspecified atom stereocenters. The minimum absolute atomic E-state index is 0.0729. The maximum atomic E-state index is 11.4. The number of nitrogens with one attached hydrogen (secondary N) is 1. The number of hydrogen-bond acceptors (Lipinski definition) is 6. The topological polar surface area (TPSA) is 105 Å². The van der Waals surface area contributed by atoms with Crippen LogP contribution in [-0.4, -0.2) is 32.1 Å². The minimum Gasteiger partial charge on any atom is -0.489 e. The molecule has 1 heterocycles. The molecule has 10 heteroatoms. The molecule has 3 aromatic carbocycles. The van der Waals surface area contributed by atoms with Crippen molar-refractivity contribution < 1.29 is 17.6 Å². The van der Waals surface area contributed by atoms with Gasteiger partial charge in [0.1, 0.15) is 18.2 Å². The van der Waals surface area contributed by atoms with E-state index in [-0.39, 0.29) is 12.6 Å². The fraction of sp³-hybridized carbons (Fsp3) is 0.231. The molecule has 1 N–H and O–H groups in total. The number of halogens is 2. The van der Waals surface area contributed by atoms with E-state index in [2.05, 4.69) is 29.6 Å². The first-order valence-electron chi connectivity index (χ1n) is 10.9. The third kappa shape index (κ3) is 5.44. The molecule has 0 atom stereocenters. The summed E-state index contributed by atoms with van der Waals surface area (Å²) in [6.07, 6.45) is 1.04. The molecule has 0 radical (unpaired) electrons. The van der Waals surface area contributed by atoms with E-state index in [0.717, 1.165) is 28.5 Å². The van der Waals surface area contributed by atoms with Gasteiger partial charge in [-0.15, -0.1) is 11.6 Å². The second kappa shape index (κ2) is 10.0. The zero-order valence-corrected chi connectivity index (χ0v) is 22.1. The number of fused-ring (bicyclic) bond motifs is 1. The summed E-state index contributed by atoms with van der Waals surface area (Å²) in [6.45, 7) is 4.38.